The number of pyridine rings is 1. The minimum atomic E-state index is -4.13. The molecule has 1 saturated heterocycles. The van der Waals surface area contributed by atoms with Crippen LogP contribution in [-0.2, 0) is 13.6 Å². The molecule has 0 unspecified atom stereocenters. The lowest BCUT2D eigenvalue weighted by molar-refractivity contribution is -0.142. The van der Waals surface area contributed by atoms with Crippen LogP contribution in [0.15, 0.2) is 39.7 Å². The Kier molecular flexibility index (Phi) is 7.29. The highest BCUT2D eigenvalue weighted by Gasteiger charge is 2.42. The first-order valence-electron chi connectivity index (χ1n) is 12.0. The Morgan fingerprint density at radius 1 is 1.02 bits per heavy atom. The van der Waals surface area contributed by atoms with E-state index >= 15 is 4.39 Å². The Hall–Kier alpha value is -3.95. The lowest BCUT2D eigenvalue weighted by Crippen LogP contribution is -2.51. The van der Waals surface area contributed by atoms with Crippen molar-refractivity contribution in [3.8, 4) is 11.5 Å². The maximum Gasteiger partial charge on any atom is 0.329 e. The van der Waals surface area contributed by atoms with Gasteiger partial charge in [0.05, 0.1) is 41.1 Å². The minimum absolute atomic E-state index is 0.0294. The molecule has 40 heavy (non-hydrogen) atoms. The van der Waals surface area contributed by atoms with E-state index in [0.717, 1.165) is 0 Å². The third-order valence-electron chi connectivity index (χ3n) is 6.70. The van der Waals surface area contributed by atoms with Crippen LogP contribution >= 0.6 is 0 Å². The van der Waals surface area contributed by atoms with Crippen molar-refractivity contribution in [2.75, 3.05) is 37.6 Å². The standard InChI is InChI=1S/C24H22F7N7O2/c1-35-17-9-16(37-6-4-36(5-7-37)12-24(30,31)22(28)29)15(25)8-18(17)38(23(35)39)11-14-3-2-13(10-32-14)20-33-34-21(40-20)19(26)27/h2-3,8-10,19,22H,4-7,11-12H2,1H3. The summed E-state index contributed by atoms with van der Waals surface area (Å²) in [5.74, 6) is -5.74. The van der Waals surface area contributed by atoms with Crippen LogP contribution in [0, 0.1) is 5.82 Å². The van der Waals surface area contributed by atoms with Gasteiger partial charge in [-0.25, -0.2) is 18.0 Å². The van der Waals surface area contributed by atoms with Crippen LogP contribution in [0.3, 0.4) is 0 Å². The lowest BCUT2D eigenvalue weighted by atomic mass is 10.2. The molecule has 1 aliphatic rings. The van der Waals surface area contributed by atoms with Crippen LogP contribution in [0.1, 0.15) is 18.0 Å². The van der Waals surface area contributed by atoms with Gasteiger partial charge < -0.3 is 9.32 Å². The first-order chi connectivity index (χ1) is 18.9. The van der Waals surface area contributed by atoms with E-state index in [1.165, 1.54) is 51.5 Å². The smallest absolute Gasteiger partial charge is 0.329 e. The summed E-state index contributed by atoms with van der Waals surface area (Å²) in [4.78, 5) is 20.0. The molecule has 9 nitrogen and oxygen atoms in total. The Morgan fingerprint density at radius 2 is 1.75 bits per heavy atom. The maximum absolute atomic E-state index is 15.2. The molecule has 0 bridgehead atoms. The zero-order valence-corrected chi connectivity index (χ0v) is 20.9. The van der Waals surface area contributed by atoms with Crippen LogP contribution in [0.2, 0.25) is 0 Å². The van der Waals surface area contributed by atoms with E-state index < -0.39 is 42.7 Å². The highest BCUT2D eigenvalue weighted by molar-refractivity contribution is 5.81. The first kappa shape index (κ1) is 27.6. The number of benzene rings is 1. The maximum atomic E-state index is 15.2. The number of anilines is 1. The molecule has 1 aromatic carbocycles. The number of aromatic nitrogens is 5. The van der Waals surface area contributed by atoms with Gasteiger partial charge >= 0.3 is 24.5 Å². The third kappa shape index (κ3) is 5.26. The van der Waals surface area contributed by atoms with Gasteiger partial charge in [0.1, 0.15) is 5.82 Å². The average Bonchev–Trinajstić information content (AvgIpc) is 3.49. The van der Waals surface area contributed by atoms with Crippen molar-refractivity contribution in [2.24, 2.45) is 7.05 Å². The number of fused-ring (bicyclic) bond motifs is 1. The van der Waals surface area contributed by atoms with Crippen LogP contribution < -0.4 is 10.6 Å². The van der Waals surface area contributed by atoms with Crippen LogP contribution in [0.4, 0.5) is 36.4 Å². The van der Waals surface area contributed by atoms with Crippen LogP contribution in [-0.4, -0.2) is 74.3 Å². The van der Waals surface area contributed by atoms with Gasteiger partial charge in [0, 0.05) is 45.5 Å². The van der Waals surface area contributed by atoms with Gasteiger partial charge in [0.15, 0.2) is 0 Å². The zero-order chi connectivity index (χ0) is 28.8. The SMILES string of the molecule is Cn1c(=O)n(Cc2ccc(-c3nnc(C(F)F)o3)cn2)c2cc(F)c(N3CCN(CC(F)(F)C(F)F)CC3)cc21. The van der Waals surface area contributed by atoms with Crippen molar-refractivity contribution in [1.82, 2.24) is 29.2 Å². The van der Waals surface area contributed by atoms with Crippen LogP contribution in [0.25, 0.3) is 22.5 Å². The lowest BCUT2D eigenvalue weighted by Gasteiger charge is -2.37. The number of piperazine rings is 1. The van der Waals surface area contributed by atoms with E-state index in [9.17, 15) is 31.1 Å². The van der Waals surface area contributed by atoms with Gasteiger partial charge in [-0.1, -0.05) is 0 Å². The average molecular weight is 573 g/mol. The molecule has 4 aromatic rings. The fraction of sp³-hybridized carbons (Fsp3) is 0.417. The van der Waals surface area contributed by atoms with Crippen LogP contribution in [0.5, 0.6) is 0 Å². The summed E-state index contributed by atoms with van der Waals surface area (Å²) < 4.78 is 100. The van der Waals surface area contributed by atoms with E-state index in [1.54, 1.807) is 4.90 Å². The summed E-state index contributed by atoms with van der Waals surface area (Å²) in [5, 5.41) is 6.82. The second-order valence-electron chi connectivity index (χ2n) is 9.33. The Balaban J connectivity index is 1.34. The Labute approximate surface area is 221 Å². The normalized spacial score (nSPS) is 15.2. The molecule has 1 fully saturated rings. The molecule has 0 spiro atoms. The first-order valence-corrected chi connectivity index (χ1v) is 12.0. The molecule has 0 amide bonds. The third-order valence-corrected chi connectivity index (χ3v) is 6.70. The van der Waals surface area contributed by atoms with Crippen molar-refractivity contribution >= 4 is 16.7 Å². The van der Waals surface area contributed by atoms with E-state index in [4.69, 9.17) is 4.42 Å². The summed E-state index contributed by atoms with van der Waals surface area (Å²) in [6.45, 7) is -0.781. The number of hydrogen-bond acceptors (Lipinski definition) is 7. The molecule has 214 valence electrons. The fourth-order valence-electron chi connectivity index (χ4n) is 4.57. The molecular weight excluding hydrogens is 551 g/mol. The Morgan fingerprint density at radius 3 is 2.35 bits per heavy atom. The number of imidazole rings is 1. The van der Waals surface area contributed by atoms with Crippen molar-refractivity contribution < 1.29 is 35.2 Å². The molecular formula is C24H22F7N7O2. The fourth-order valence-corrected chi connectivity index (χ4v) is 4.57. The van der Waals surface area contributed by atoms with Crippen molar-refractivity contribution in [2.45, 2.75) is 25.3 Å². The highest BCUT2D eigenvalue weighted by atomic mass is 19.3. The predicted molar refractivity (Wildman–Crippen MR) is 128 cm³/mol. The van der Waals surface area contributed by atoms with E-state index in [-0.39, 0.29) is 49.8 Å². The van der Waals surface area contributed by atoms with Crippen molar-refractivity contribution in [3.63, 3.8) is 0 Å². The van der Waals surface area contributed by atoms with Gasteiger partial charge in [-0.05, 0) is 18.2 Å². The minimum Gasteiger partial charge on any atom is -0.415 e. The predicted octanol–water partition coefficient (Wildman–Crippen LogP) is 3.93. The summed E-state index contributed by atoms with van der Waals surface area (Å²) in [6.07, 6.45) is -5.36. The quantitative estimate of drug-likeness (QED) is 0.296. The summed E-state index contributed by atoms with van der Waals surface area (Å²) in [6, 6.07) is 5.73. The molecule has 5 rings (SSSR count). The molecule has 16 heteroatoms. The molecule has 0 N–H and O–H groups in total. The number of nitrogens with zero attached hydrogens (tertiary/aromatic N) is 7. The number of rotatable bonds is 8. The van der Waals surface area contributed by atoms with E-state index in [0.29, 0.717) is 16.8 Å². The summed E-state index contributed by atoms with van der Waals surface area (Å²) >= 11 is 0. The molecule has 1 aliphatic heterocycles. The zero-order valence-electron chi connectivity index (χ0n) is 20.9. The van der Waals surface area contributed by atoms with Crippen molar-refractivity contribution in [3.05, 3.63) is 58.3 Å². The Bertz CT molecular complexity index is 1560. The van der Waals surface area contributed by atoms with Crippen molar-refractivity contribution in [1.29, 1.82) is 0 Å². The number of aryl methyl sites for hydroxylation is 1. The monoisotopic (exact) mass is 573 g/mol. The van der Waals surface area contributed by atoms with E-state index in [2.05, 4.69) is 15.2 Å². The van der Waals surface area contributed by atoms with Gasteiger partial charge in [0.25, 0.3) is 5.89 Å². The largest absolute Gasteiger partial charge is 0.415 e. The molecule has 3 aromatic heterocycles. The summed E-state index contributed by atoms with van der Waals surface area (Å²) in [5.41, 5.74) is 1.11. The molecule has 0 atom stereocenters. The van der Waals surface area contributed by atoms with E-state index in [1.807, 2.05) is 0 Å². The molecule has 0 radical (unpaired) electrons. The van der Waals surface area contributed by atoms with Gasteiger partial charge in [0.2, 0.25) is 5.89 Å². The molecule has 4 heterocycles. The number of alkyl halides is 6. The highest BCUT2D eigenvalue weighted by Crippen LogP contribution is 2.29. The summed E-state index contributed by atoms with van der Waals surface area (Å²) in [7, 11) is 1.51. The number of hydrogen-bond donors (Lipinski definition) is 0. The molecule has 0 aliphatic carbocycles. The second-order valence-corrected chi connectivity index (χ2v) is 9.33. The topological polar surface area (TPSA) is 85.2 Å². The second kappa shape index (κ2) is 10.6. The van der Waals surface area contributed by atoms with Gasteiger partial charge in [-0.15, -0.1) is 10.2 Å². The van der Waals surface area contributed by atoms with Gasteiger partial charge in [-0.2, -0.15) is 17.6 Å². The molecule has 0 saturated carbocycles. The van der Waals surface area contributed by atoms with Gasteiger partial charge in [-0.3, -0.25) is 19.0 Å². The number of halogens is 7.